The van der Waals surface area contributed by atoms with Crippen molar-refractivity contribution in [3.63, 3.8) is 0 Å². The van der Waals surface area contributed by atoms with Crippen LogP contribution in [0.3, 0.4) is 0 Å². The molecule has 0 saturated heterocycles. The van der Waals surface area contributed by atoms with Crippen molar-refractivity contribution in [3.8, 4) is 23.3 Å². The van der Waals surface area contributed by atoms with E-state index in [1.807, 2.05) is 30.5 Å². The predicted octanol–water partition coefficient (Wildman–Crippen LogP) is 3.67. The zero-order valence-corrected chi connectivity index (χ0v) is 15.2. The summed E-state index contributed by atoms with van der Waals surface area (Å²) in [6.07, 6.45) is -0.668. The van der Waals surface area contributed by atoms with E-state index in [1.54, 1.807) is 42.5 Å². The van der Waals surface area contributed by atoms with E-state index in [-0.39, 0.29) is 12.5 Å². The summed E-state index contributed by atoms with van der Waals surface area (Å²) in [5.74, 6) is 1.60. The van der Waals surface area contributed by atoms with Crippen LogP contribution in [-0.2, 0) is 11.3 Å². The standard InChI is InChI=1S/C19H17N3O3S/c1-12(24-15-5-3-14(9-20)4-6-15)19(23)21-10-16-7-8-18(25-16)17-11-26-13(2)22-17/h3-8,11-12H,10H2,1-2H3,(H,21,23). The molecule has 1 amide bonds. The summed E-state index contributed by atoms with van der Waals surface area (Å²) in [6, 6.07) is 12.3. The Hall–Kier alpha value is -3.11. The van der Waals surface area contributed by atoms with E-state index < -0.39 is 6.10 Å². The van der Waals surface area contributed by atoms with Gasteiger partial charge in [0, 0.05) is 5.38 Å². The van der Waals surface area contributed by atoms with Gasteiger partial charge in [0.2, 0.25) is 0 Å². The van der Waals surface area contributed by atoms with Gasteiger partial charge in [0.05, 0.1) is 23.2 Å². The van der Waals surface area contributed by atoms with Gasteiger partial charge in [0.25, 0.3) is 5.91 Å². The number of carbonyl (C=O) groups excluding carboxylic acids is 1. The topological polar surface area (TPSA) is 88.1 Å². The molecule has 1 N–H and O–H groups in total. The Morgan fingerprint density at radius 2 is 2.12 bits per heavy atom. The number of aryl methyl sites for hydroxylation is 1. The Morgan fingerprint density at radius 1 is 1.35 bits per heavy atom. The average molecular weight is 367 g/mol. The van der Waals surface area contributed by atoms with Crippen LogP contribution in [0.1, 0.15) is 23.3 Å². The van der Waals surface area contributed by atoms with Gasteiger partial charge in [-0.1, -0.05) is 0 Å². The lowest BCUT2D eigenvalue weighted by Crippen LogP contribution is -2.35. The molecule has 0 saturated carbocycles. The number of benzene rings is 1. The monoisotopic (exact) mass is 367 g/mol. The van der Waals surface area contributed by atoms with E-state index in [0.29, 0.717) is 22.8 Å². The van der Waals surface area contributed by atoms with E-state index in [4.69, 9.17) is 14.4 Å². The van der Waals surface area contributed by atoms with E-state index in [0.717, 1.165) is 10.7 Å². The Labute approximate surface area is 155 Å². The molecule has 0 fully saturated rings. The van der Waals surface area contributed by atoms with Gasteiger partial charge >= 0.3 is 0 Å². The van der Waals surface area contributed by atoms with Crippen LogP contribution in [0.25, 0.3) is 11.5 Å². The summed E-state index contributed by atoms with van der Waals surface area (Å²) in [4.78, 5) is 16.6. The molecule has 0 aliphatic heterocycles. The van der Waals surface area contributed by atoms with Crippen LogP contribution < -0.4 is 10.1 Å². The second kappa shape index (κ2) is 7.85. The number of nitrogens with one attached hydrogen (secondary N) is 1. The van der Waals surface area contributed by atoms with Crippen molar-refractivity contribution in [2.45, 2.75) is 26.5 Å². The lowest BCUT2D eigenvalue weighted by atomic mass is 10.2. The molecule has 3 rings (SSSR count). The number of nitriles is 1. The lowest BCUT2D eigenvalue weighted by molar-refractivity contribution is -0.127. The van der Waals surface area contributed by atoms with E-state index in [1.165, 1.54) is 0 Å². The number of ether oxygens (including phenoxy) is 1. The molecule has 0 spiro atoms. The first-order valence-corrected chi connectivity index (χ1v) is 8.89. The SMILES string of the molecule is Cc1nc(-c2ccc(CNC(=O)C(C)Oc3ccc(C#N)cc3)o2)cs1. The van der Waals surface area contributed by atoms with Crippen LogP contribution in [0.2, 0.25) is 0 Å². The number of hydrogen-bond donors (Lipinski definition) is 1. The number of thiazole rings is 1. The molecule has 1 unspecified atom stereocenters. The van der Waals surface area contributed by atoms with Crippen LogP contribution in [0.5, 0.6) is 5.75 Å². The molecule has 132 valence electrons. The van der Waals surface area contributed by atoms with Crippen molar-refractivity contribution in [1.82, 2.24) is 10.3 Å². The number of carbonyl (C=O) groups is 1. The smallest absolute Gasteiger partial charge is 0.261 e. The molecule has 1 atom stereocenters. The molecule has 2 heterocycles. The quantitative estimate of drug-likeness (QED) is 0.718. The van der Waals surface area contributed by atoms with E-state index in [9.17, 15) is 4.79 Å². The Balaban J connectivity index is 1.53. The molecular weight excluding hydrogens is 350 g/mol. The van der Waals surface area contributed by atoms with Gasteiger partial charge in [-0.25, -0.2) is 4.98 Å². The zero-order chi connectivity index (χ0) is 18.5. The van der Waals surface area contributed by atoms with Gasteiger partial charge in [-0.3, -0.25) is 4.79 Å². The highest BCUT2D eigenvalue weighted by atomic mass is 32.1. The zero-order valence-electron chi connectivity index (χ0n) is 14.4. The highest BCUT2D eigenvalue weighted by Crippen LogP contribution is 2.23. The predicted molar refractivity (Wildman–Crippen MR) is 97.6 cm³/mol. The fourth-order valence-corrected chi connectivity index (χ4v) is 2.87. The van der Waals surface area contributed by atoms with Crippen LogP contribution in [0.15, 0.2) is 46.2 Å². The third-order valence-electron chi connectivity index (χ3n) is 3.64. The summed E-state index contributed by atoms with van der Waals surface area (Å²) < 4.78 is 11.3. The van der Waals surface area contributed by atoms with Crippen LogP contribution in [-0.4, -0.2) is 17.0 Å². The van der Waals surface area contributed by atoms with Crippen molar-refractivity contribution in [3.05, 3.63) is 58.1 Å². The molecule has 7 heteroatoms. The minimum Gasteiger partial charge on any atom is -0.481 e. The van der Waals surface area contributed by atoms with Gasteiger partial charge in [0.15, 0.2) is 11.9 Å². The van der Waals surface area contributed by atoms with Crippen molar-refractivity contribution < 1.29 is 13.9 Å². The van der Waals surface area contributed by atoms with Crippen molar-refractivity contribution in [1.29, 1.82) is 5.26 Å². The Bertz CT molecular complexity index is 938. The highest BCUT2D eigenvalue weighted by molar-refractivity contribution is 7.09. The maximum Gasteiger partial charge on any atom is 0.261 e. The maximum atomic E-state index is 12.2. The number of amides is 1. The third-order valence-corrected chi connectivity index (χ3v) is 4.41. The van der Waals surface area contributed by atoms with Gasteiger partial charge in [-0.2, -0.15) is 5.26 Å². The molecule has 6 nitrogen and oxygen atoms in total. The second-order valence-electron chi connectivity index (χ2n) is 5.63. The summed E-state index contributed by atoms with van der Waals surface area (Å²) >= 11 is 1.56. The maximum absolute atomic E-state index is 12.2. The molecule has 2 aromatic heterocycles. The fraction of sp³-hybridized carbons (Fsp3) is 0.211. The molecular formula is C19H17N3O3S. The minimum absolute atomic E-state index is 0.253. The van der Waals surface area contributed by atoms with Gasteiger partial charge in [-0.05, 0) is 50.2 Å². The first-order chi connectivity index (χ1) is 12.5. The highest BCUT2D eigenvalue weighted by Gasteiger charge is 2.15. The van der Waals surface area contributed by atoms with Gasteiger partial charge in [-0.15, -0.1) is 11.3 Å². The number of aromatic nitrogens is 1. The molecule has 0 radical (unpaired) electrons. The van der Waals surface area contributed by atoms with E-state index in [2.05, 4.69) is 10.3 Å². The van der Waals surface area contributed by atoms with Gasteiger partial charge < -0.3 is 14.5 Å². The van der Waals surface area contributed by atoms with Gasteiger partial charge in [0.1, 0.15) is 17.2 Å². The van der Waals surface area contributed by atoms with Crippen molar-refractivity contribution in [2.75, 3.05) is 0 Å². The summed E-state index contributed by atoms with van der Waals surface area (Å²) in [7, 11) is 0. The van der Waals surface area contributed by atoms with Crippen LogP contribution in [0.4, 0.5) is 0 Å². The first-order valence-electron chi connectivity index (χ1n) is 8.01. The number of nitrogens with zero attached hydrogens (tertiary/aromatic N) is 2. The fourth-order valence-electron chi connectivity index (χ4n) is 2.27. The Morgan fingerprint density at radius 3 is 2.77 bits per heavy atom. The van der Waals surface area contributed by atoms with Crippen LogP contribution in [0, 0.1) is 18.3 Å². The van der Waals surface area contributed by atoms with Crippen molar-refractivity contribution in [2.24, 2.45) is 0 Å². The average Bonchev–Trinajstić information content (AvgIpc) is 3.29. The van der Waals surface area contributed by atoms with Crippen molar-refractivity contribution >= 4 is 17.2 Å². The third kappa shape index (κ3) is 4.29. The first kappa shape index (κ1) is 17.7. The second-order valence-corrected chi connectivity index (χ2v) is 6.69. The molecule has 0 aliphatic carbocycles. The molecule has 0 aliphatic rings. The summed E-state index contributed by atoms with van der Waals surface area (Å²) in [5, 5.41) is 14.5. The van der Waals surface area contributed by atoms with E-state index >= 15 is 0 Å². The minimum atomic E-state index is -0.668. The molecule has 1 aromatic carbocycles. The lowest BCUT2D eigenvalue weighted by Gasteiger charge is -2.14. The molecule has 0 bridgehead atoms. The van der Waals surface area contributed by atoms with Crippen LogP contribution >= 0.6 is 11.3 Å². The number of hydrogen-bond acceptors (Lipinski definition) is 6. The normalized spacial score (nSPS) is 11.6. The molecule has 26 heavy (non-hydrogen) atoms. The summed E-state index contributed by atoms with van der Waals surface area (Å²) in [5.41, 5.74) is 1.33. The number of rotatable bonds is 6. The number of furan rings is 1. The largest absolute Gasteiger partial charge is 0.481 e. The molecule has 3 aromatic rings. The summed E-state index contributed by atoms with van der Waals surface area (Å²) in [6.45, 7) is 3.87. The Kier molecular flexibility index (Phi) is 5.34.